The highest BCUT2D eigenvalue weighted by molar-refractivity contribution is 5.75. The van der Waals surface area contributed by atoms with E-state index in [0.29, 0.717) is 0 Å². The molecule has 1 aliphatic rings. The predicted molar refractivity (Wildman–Crippen MR) is 80.0 cm³/mol. The molecule has 110 valence electrons. The van der Waals surface area contributed by atoms with E-state index >= 15 is 0 Å². The molecule has 1 rings (SSSR count). The molecule has 4 nitrogen and oxygen atoms in total. The van der Waals surface area contributed by atoms with Crippen molar-refractivity contribution in [3.05, 3.63) is 11.8 Å². The van der Waals surface area contributed by atoms with Crippen LogP contribution in [0.15, 0.2) is 11.8 Å². The van der Waals surface area contributed by atoms with Gasteiger partial charge in [0.15, 0.2) is 0 Å². The molecule has 0 saturated carbocycles. The molecule has 1 aliphatic heterocycles. The smallest absolute Gasteiger partial charge is 0.318 e. The third-order valence-electron chi connectivity index (χ3n) is 3.53. The van der Waals surface area contributed by atoms with Crippen LogP contribution < -0.4 is 16.0 Å². The molecule has 1 fully saturated rings. The van der Waals surface area contributed by atoms with Crippen molar-refractivity contribution >= 4 is 6.03 Å². The molecule has 0 radical (unpaired) electrons. The normalized spacial score (nSPS) is 22.9. The van der Waals surface area contributed by atoms with Crippen molar-refractivity contribution in [1.82, 2.24) is 16.0 Å². The molecular formula is C15H29N3O. The minimum absolute atomic E-state index is 0.0505. The molecule has 0 aromatic heterocycles. The van der Waals surface area contributed by atoms with E-state index in [2.05, 4.69) is 50.6 Å². The number of urea groups is 1. The van der Waals surface area contributed by atoms with Crippen molar-refractivity contribution in [3.8, 4) is 0 Å². The SMILES string of the molecule is CC/C(C)=C/NC(=O)NC1CC(C)(C)NC(C)(C)C1. The van der Waals surface area contributed by atoms with Crippen LogP contribution >= 0.6 is 0 Å². The standard InChI is InChI=1S/C15H29N3O/c1-7-11(2)10-16-13(19)17-12-8-14(3,4)18-15(5,6)9-12/h10,12,18H,7-9H2,1-6H3,(H2,16,17,19)/b11-10+. The maximum atomic E-state index is 11.9. The molecule has 3 N–H and O–H groups in total. The van der Waals surface area contributed by atoms with Crippen molar-refractivity contribution in [2.45, 2.75) is 77.9 Å². The van der Waals surface area contributed by atoms with Gasteiger partial charge in [-0.3, -0.25) is 0 Å². The summed E-state index contributed by atoms with van der Waals surface area (Å²) in [4.78, 5) is 11.9. The zero-order chi connectivity index (χ0) is 14.7. The first-order chi connectivity index (χ1) is 8.63. The van der Waals surface area contributed by atoms with E-state index in [9.17, 15) is 4.79 Å². The number of amides is 2. The number of hydrogen-bond donors (Lipinski definition) is 3. The quantitative estimate of drug-likeness (QED) is 0.736. The number of rotatable bonds is 3. The number of allylic oxidation sites excluding steroid dienone is 1. The summed E-state index contributed by atoms with van der Waals surface area (Å²) in [5, 5.41) is 9.49. The maximum absolute atomic E-state index is 11.9. The van der Waals surface area contributed by atoms with Crippen LogP contribution in [-0.4, -0.2) is 23.2 Å². The Labute approximate surface area is 117 Å². The third kappa shape index (κ3) is 5.64. The summed E-state index contributed by atoms with van der Waals surface area (Å²) >= 11 is 0. The third-order valence-corrected chi connectivity index (χ3v) is 3.53. The van der Waals surface area contributed by atoms with Crippen LogP contribution in [0.3, 0.4) is 0 Å². The van der Waals surface area contributed by atoms with Gasteiger partial charge in [0.2, 0.25) is 0 Å². The monoisotopic (exact) mass is 267 g/mol. The Morgan fingerprint density at radius 3 is 2.26 bits per heavy atom. The van der Waals surface area contributed by atoms with Gasteiger partial charge < -0.3 is 16.0 Å². The molecule has 0 aromatic carbocycles. The van der Waals surface area contributed by atoms with E-state index in [-0.39, 0.29) is 23.2 Å². The van der Waals surface area contributed by atoms with Crippen molar-refractivity contribution < 1.29 is 4.79 Å². The molecule has 0 aliphatic carbocycles. The van der Waals surface area contributed by atoms with E-state index in [1.54, 1.807) is 6.20 Å². The average Bonchev–Trinajstić information content (AvgIpc) is 2.21. The van der Waals surface area contributed by atoms with Crippen molar-refractivity contribution in [2.24, 2.45) is 0 Å². The summed E-state index contributed by atoms with van der Waals surface area (Å²) in [5.41, 5.74) is 1.27. The molecule has 0 bridgehead atoms. The molecule has 0 spiro atoms. The lowest BCUT2D eigenvalue weighted by Crippen LogP contribution is -2.62. The Morgan fingerprint density at radius 2 is 1.79 bits per heavy atom. The summed E-state index contributed by atoms with van der Waals surface area (Å²) in [6, 6.07) is 0.105. The van der Waals surface area contributed by atoms with E-state index < -0.39 is 0 Å². The van der Waals surface area contributed by atoms with Gasteiger partial charge in [0.1, 0.15) is 0 Å². The first-order valence-electron chi connectivity index (χ1n) is 7.15. The van der Waals surface area contributed by atoms with E-state index in [4.69, 9.17) is 0 Å². The van der Waals surface area contributed by atoms with Gasteiger partial charge in [0, 0.05) is 23.3 Å². The van der Waals surface area contributed by atoms with Crippen LogP contribution in [0.25, 0.3) is 0 Å². The molecule has 0 aromatic rings. The largest absolute Gasteiger partial charge is 0.335 e. The van der Waals surface area contributed by atoms with Crippen LogP contribution in [0, 0.1) is 0 Å². The Hall–Kier alpha value is -1.03. The second-order valence-corrected chi connectivity index (χ2v) is 6.96. The summed E-state index contributed by atoms with van der Waals surface area (Å²) in [7, 11) is 0. The Morgan fingerprint density at radius 1 is 1.26 bits per heavy atom. The Kier molecular flexibility index (Phi) is 5.02. The van der Waals surface area contributed by atoms with Crippen LogP contribution in [0.4, 0.5) is 4.79 Å². The molecule has 2 amide bonds. The number of hydrogen-bond acceptors (Lipinski definition) is 2. The lowest BCUT2D eigenvalue weighted by Gasteiger charge is -2.46. The first-order valence-corrected chi connectivity index (χ1v) is 7.15. The summed E-state index contributed by atoms with van der Waals surface area (Å²) in [5.74, 6) is 0. The summed E-state index contributed by atoms with van der Waals surface area (Å²) in [6.07, 6.45) is 4.63. The lowest BCUT2D eigenvalue weighted by molar-refractivity contribution is 0.148. The lowest BCUT2D eigenvalue weighted by atomic mass is 9.80. The molecule has 1 heterocycles. The van der Waals surface area contributed by atoms with Crippen molar-refractivity contribution in [3.63, 3.8) is 0 Å². The number of carbonyl (C=O) groups excluding carboxylic acids is 1. The zero-order valence-corrected chi connectivity index (χ0v) is 13.2. The van der Waals surface area contributed by atoms with E-state index in [1.807, 2.05) is 6.92 Å². The van der Waals surface area contributed by atoms with Crippen LogP contribution in [-0.2, 0) is 0 Å². The van der Waals surface area contributed by atoms with E-state index in [0.717, 1.165) is 19.3 Å². The second kappa shape index (κ2) is 5.95. The summed E-state index contributed by atoms with van der Waals surface area (Å²) in [6.45, 7) is 12.8. The van der Waals surface area contributed by atoms with Gasteiger partial charge in [-0.05, 0) is 53.9 Å². The second-order valence-electron chi connectivity index (χ2n) is 6.96. The molecule has 19 heavy (non-hydrogen) atoms. The van der Waals surface area contributed by atoms with Gasteiger partial charge in [0.05, 0.1) is 0 Å². The van der Waals surface area contributed by atoms with Gasteiger partial charge in [-0.15, -0.1) is 0 Å². The number of nitrogens with one attached hydrogen (secondary N) is 3. The van der Waals surface area contributed by atoms with Crippen molar-refractivity contribution in [1.29, 1.82) is 0 Å². The van der Waals surface area contributed by atoms with Crippen LogP contribution in [0.5, 0.6) is 0 Å². The molecule has 0 atom stereocenters. The number of carbonyl (C=O) groups is 1. The first kappa shape index (κ1) is 16.0. The highest BCUT2D eigenvalue weighted by Crippen LogP contribution is 2.28. The molecule has 4 heteroatoms. The highest BCUT2D eigenvalue weighted by atomic mass is 16.2. The summed E-state index contributed by atoms with van der Waals surface area (Å²) < 4.78 is 0. The average molecular weight is 267 g/mol. The van der Waals surface area contributed by atoms with Gasteiger partial charge in [-0.25, -0.2) is 4.79 Å². The maximum Gasteiger partial charge on any atom is 0.318 e. The topological polar surface area (TPSA) is 53.2 Å². The molecular weight excluding hydrogens is 238 g/mol. The fourth-order valence-electron chi connectivity index (χ4n) is 2.94. The predicted octanol–water partition coefficient (Wildman–Crippen LogP) is 2.91. The van der Waals surface area contributed by atoms with Crippen LogP contribution in [0.2, 0.25) is 0 Å². The Balaban J connectivity index is 2.54. The van der Waals surface area contributed by atoms with Crippen LogP contribution in [0.1, 0.15) is 60.8 Å². The Bertz CT molecular complexity index is 342. The minimum Gasteiger partial charge on any atom is -0.335 e. The van der Waals surface area contributed by atoms with Gasteiger partial charge in [0.25, 0.3) is 0 Å². The van der Waals surface area contributed by atoms with Gasteiger partial charge in [-0.1, -0.05) is 12.5 Å². The number of piperidine rings is 1. The fraction of sp³-hybridized carbons (Fsp3) is 0.800. The molecule has 1 saturated heterocycles. The minimum atomic E-state index is -0.105. The fourth-order valence-corrected chi connectivity index (χ4v) is 2.94. The van der Waals surface area contributed by atoms with Crippen molar-refractivity contribution in [2.75, 3.05) is 0 Å². The highest BCUT2D eigenvalue weighted by Gasteiger charge is 2.38. The zero-order valence-electron chi connectivity index (χ0n) is 13.2. The van der Waals surface area contributed by atoms with E-state index in [1.165, 1.54) is 5.57 Å². The van der Waals surface area contributed by atoms with Gasteiger partial charge in [-0.2, -0.15) is 0 Å². The molecule has 0 unspecified atom stereocenters. The van der Waals surface area contributed by atoms with Gasteiger partial charge >= 0.3 is 6.03 Å².